The number of pyridine rings is 1. The minimum absolute atomic E-state index is 0.196. The van der Waals surface area contributed by atoms with Gasteiger partial charge in [-0.3, -0.25) is 4.98 Å². The molecule has 1 aromatic carbocycles. The van der Waals surface area contributed by atoms with Crippen molar-refractivity contribution < 1.29 is 8.78 Å². The zero-order chi connectivity index (χ0) is 15.2. The molecule has 0 radical (unpaired) electrons. The zero-order valence-corrected chi connectivity index (χ0v) is 12.4. The van der Waals surface area contributed by atoms with Crippen molar-refractivity contribution in [2.45, 2.75) is 32.7 Å². The Bertz CT molecular complexity index is 585. The van der Waals surface area contributed by atoms with Gasteiger partial charge in [0.25, 0.3) is 0 Å². The predicted octanol–water partition coefficient (Wildman–Crippen LogP) is 3.95. The summed E-state index contributed by atoms with van der Waals surface area (Å²) in [5, 5.41) is 3.23. The van der Waals surface area contributed by atoms with Crippen LogP contribution in [-0.4, -0.2) is 11.5 Å². The second kappa shape index (κ2) is 7.27. The molecule has 2 aromatic rings. The standard InChI is InChI=1S/C17H20F2N2/c1-3-21-15(7-5-13-8-10-20-11-9-13)14-6-4-12(2)16(18)17(14)19/h4,6,8-11,15,21H,3,5,7H2,1-2H3. The highest BCUT2D eigenvalue weighted by atomic mass is 19.2. The Morgan fingerprint density at radius 3 is 2.48 bits per heavy atom. The van der Waals surface area contributed by atoms with Crippen LogP contribution in [0.5, 0.6) is 0 Å². The summed E-state index contributed by atoms with van der Waals surface area (Å²) < 4.78 is 27.9. The lowest BCUT2D eigenvalue weighted by Crippen LogP contribution is -2.23. The second-order valence-electron chi connectivity index (χ2n) is 5.10. The van der Waals surface area contributed by atoms with Crippen LogP contribution in [0.15, 0.2) is 36.7 Å². The van der Waals surface area contributed by atoms with E-state index in [0.717, 1.165) is 12.0 Å². The third kappa shape index (κ3) is 3.85. The molecule has 0 saturated heterocycles. The summed E-state index contributed by atoms with van der Waals surface area (Å²) in [5.41, 5.74) is 1.87. The molecule has 0 bridgehead atoms. The van der Waals surface area contributed by atoms with Crippen LogP contribution in [-0.2, 0) is 6.42 Å². The molecule has 0 fully saturated rings. The van der Waals surface area contributed by atoms with Gasteiger partial charge in [0.15, 0.2) is 11.6 Å². The molecule has 0 aliphatic heterocycles. The molecule has 1 heterocycles. The molecule has 112 valence electrons. The van der Waals surface area contributed by atoms with E-state index in [1.807, 2.05) is 19.1 Å². The summed E-state index contributed by atoms with van der Waals surface area (Å²) in [5.74, 6) is -1.49. The third-order valence-electron chi connectivity index (χ3n) is 3.60. The third-order valence-corrected chi connectivity index (χ3v) is 3.60. The van der Waals surface area contributed by atoms with Gasteiger partial charge in [-0.1, -0.05) is 19.1 Å². The second-order valence-corrected chi connectivity index (χ2v) is 5.10. The van der Waals surface area contributed by atoms with Gasteiger partial charge in [0.1, 0.15) is 0 Å². The number of rotatable bonds is 6. The van der Waals surface area contributed by atoms with Crippen LogP contribution in [0.3, 0.4) is 0 Å². The first-order valence-electron chi connectivity index (χ1n) is 7.20. The fourth-order valence-electron chi connectivity index (χ4n) is 2.40. The Morgan fingerprint density at radius 2 is 1.81 bits per heavy atom. The molecular formula is C17H20F2N2. The molecule has 4 heteroatoms. The topological polar surface area (TPSA) is 24.9 Å². The van der Waals surface area contributed by atoms with Gasteiger partial charge in [-0.05, 0) is 49.6 Å². The van der Waals surface area contributed by atoms with E-state index in [4.69, 9.17) is 0 Å². The predicted molar refractivity (Wildman–Crippen MR) is 80.1 cm³/mol. The van der Waals surface area contributed by atoms with E-state index in [9.17, 15) is 8.78 Å². The van der Waals surface area contributed by atoms with Crippen LogP contribution >= 0.6 is 0 Å². The lowest BCUT2D eigenvalue weighted by atomic mass is 9.97. The maximum atomic E-state index is 14.1. The fourth-order valence-corrected chi connectivity index (χ4v) is 2.40. The SMILES string of the molecule is CCNC(CCc1ccncc1)c1ccc(C)c(F)c1F. The van der Waals surface area contributed by atoms with Gasteiger partial charge in [-0.15, -0.1) is 0 Å². The van der Waals surface area contributed by atoms with E-state index >= 15 is 0 Å². The molecular weight excluding hydrogens is 270 g/mol. The molecule has 2 rings (SSSR count). The van der Waals surface area contributed by atoms with Gasteiger partial charge in [-0.2, -0.15) is 0 Å². The molecule has 1 unspecified atom stereocenters. The number of nitrogens with zero attached hydrogens (tertiary/aromatic N) is 1. The molecule has 0 amide bonds. The highest BCUT2D eigenvalue weighted by molar-refractivity contribution is 5.28. The fraction of sp³-hybridized carbons (Fsp3) is 0.353. The highest BCUT2D eigenvalue weighted by Gasteiger charge is 2.18. The van der Waals surface area contributed by atoms with Crippen molar-refractivity contribution in [3.8, 4) is 0 Å². The summed E-state index contributed by atoms with van der Waals surface area (Å²) in [6, 6.07) is 6.99. The molecule has 1 atom stereocenters. The van der Waals surface area contributed by atoms with E-state index in [2.05, 4.69) is 10.3 Å². The number of aromatic nitrogens is 1. The Hall–Kier alpha value is -1.81. The number of hydrogen-bond acceptors (Lipinski definition) is 2. The quantitative estimate of drug-likeness (QED) is 0.871. The van der Waals surface area contributed by atoms with Crippen molar-refractivity contribution in [2.24, 2.45) is 0 Å². The molecule has 21 heavy (non-hydrogen) atoms. The van der Waals surface area contributed by atoms with Crippen LogP contribution in [0.2, 0.25) is 0 Å². The molecule has 0 aliphatic rings. The van der Waals surface area contributed by atoms with Gasteiger partial charge in [0.05, 0.1) is 0 Å². The molecule has 0 spiro atoms. The average Bonchev–Trinajstić information content (AvgIpc) is 2.51. The van der Waals surface area contributed by atoms with Crippen LogP contribution < -0.4 is 5.32 Å². The average molecular weight is 290 g/mol. The van der Waals surface area contributed by atoms with Crippen LogP contribution in [0.4, 0.5) is 8.78 Å². The summed E-state index contributed by atoms with van der Waals surface area (Å²) in [6.07, 6.45) is 4.97. The summed E-state index contributed by atoms with van der Waals surface area (Å²) in [6.45, 7) is 4.24. The molecule has 0 saturated carbocycles. The first-order chi connectivity index (χ1) is 10.1. The molecule has 0 aliphatic carbocycles. The van der Waals surface area contributed by atoms with Crippen molar-refractivity contribution >= 4 is 0 Å². The number of hydrogen-bond donors (Lipinski definition) is 1. The number of nitrogens with one attached hydrogen (secondary N) is 1. The molecule has 2 nitrogen and oxygen atoms in total. The van der Waals surface area contributed by atoms with E-state index in [-0.39, 0.29) is 6.04 Å². The van der Waals surface area contributed by atoms with E-state index in [1.165, 1.54) is 0 Å². The minimum atomic E-state index is -0.751. The van der Waals surface area contributed by atoms with Gasteiger partial charge in [0, 0.05) is 24.0 Å². The smallest absolute Gasteiger partial charge is 0.163 e. The van der Waals surface area contributed by atoms with Gasteiger partial charge in [0.2, 0.25) is 0 Å². The van der Waals surface area contributed by atoms with E-state index in [1.54, 1.807) is 31.5 Å². The van der Waals surface area contributed by atoms with Crippen molar-refractivity contribution in [3.63, 3.8) is 0 Å². The zero-order valence-electron chi connectivity index (χ0n) is 12.4. The van der Waals surface area contributed by atoms with Gasteiger partial charge >= 0.3 is 0 Å². The van der Waals surface area contributed by atoms with Crippen molar-refractivity contribution in [2.75, 3.05) is 6.54 Å². The lowest BCUT2D eigenvalue weighted by Gasteiger charge is -2.19. The summed E-state index contributed by atoms with van der Waals surface area (Å²) >= 11 is 0. The Morgan fingerprint density at radius 1 is 1.10 bits per heavy atom. The number of halogens is 2. The van der Waals surface area contributed by atoms with Crippen LogP contribution in [0.1, 0.15) is 36.1 Å². The van der Waals surface area contributed by atoms with Crippen molar-refractivity contribution in [1.29, 1.82) is 0 Å². The first kappa shape index (κ1) is 15.6. The Kier molecular flexibility index (Phi) is 5.39. The minimum Gasteiger partial charge on any atom is -0.310 e. The Balaban J connectivity index is 2.17. The van der Waals surface area contributed by atoms with E-state index < -0.39 is 11.6 Å². The normalized spacial score (nSPS) is 12.4. The van der Waals surface area contributed by atoms with Gasteiger partial charge in [-0.25, -0.2) is 8.78 Å². The molecule has 1 aromatic heterocycles. The largest absolute Gasteiger partial charge is 0.310 e. The lowest BCUT2D eigenvalue weighted by molar-refractivity contribution is 0.449. The van der Waals surface area contributed by atoms with Gasteiger partial charge < -0.3 is 5.32 Å². The monoisotopic (exact) mass is 290 g/mol. The number of benzene rings is 1. The summed E-state index contributed by atoms with van der Waals surface area (Å²) in [7, 11) is 0. The van der Waals surface area contributed by atoms with Crippen molar-refractivity contribution in [3.05, 3.63) is 65.0 Å². The van der Waals surface area contributed by atoms with Crippen LogP contribution in [0.25, 0.3) is 0 Å². The maximum absolute atomic E-state index is 14.1. The van der Waals surface area contributed by atoms with Crippen molar-refractivity contribution in [1.82, 2.24) is 10.3 Å². The maximum Gasteiger partial charge on any atom is 0.163 e. The number of aryl methyl sites for hydroxylation is 2. The first-order valence-corrected chi connectivity index (χ1v) is 7.20. The highest BCUT2D eigenvalue weighted by Crippen LogP contribution is 2.25. The Labute approximate surface area is 124 Å². The van der Waals surface area contributed by atoms with E-state index in [0.29, 0.717) is 24.1 Å². The molecule has 1 N–H and O–H groups in total. The van der Waals surface area contributed by atoms with Crippen LogP contribution in [0, 0.1) is 18.6 Å². The summed E-state index contributed by atoms with van der Waals surface area (Å²) in [4.78, 5) is 3.98.